The average molecular weight is 392 g/mol. The molecule has 2 aromatic carbocycles. The van der Waals surface area contributed by atoms with Crippen molar-refractivity contribution in [2.24, 2.45) is 5.73 Å². The molecule has 7 heteroatoms. The van der Waals surface area contributed by atoms with Gasteiger partial charge in [-0.05, 0) is 62.7 Å². The number of amides is 2. The molecule has 3 aromatic rings. The summed E-state index contributed by atoms with van der Waals surface area (Å²) in [5.74, 6) is 0.330. The molecule has 0 aliphatic carbocycles. The Hall–Kier alpha value is -3.19. The van der Waals surface area contributed by atoms with Crippen LogP contribution in [0, 0.1) is 0 Å². The second-order valence-electron chi connectivity index (χ2n) is 7.46. The lowest BCUT2D eigenvalue weighted by molar-refractivity contribution is -0.121. The van der Waals surface area contributed by atoms with Crippen molar-refractivity contribution in [3.63, 3.8) is 0 Å². The molecular weight excluding hydrogens is 368 g/mol. The first-order chi connectivity index (χ1) is 14.0. The average Bonchev–Trinajstić information content (AvgIpc) is 3.18. The lowest BCUT2D eigenvalue weighted by Crippen LogP contribution is -2.46. The minimum absolute atomic E-state index is 0.0879. The van der Waals surface area contributed by atoms with Crippen LogP contribution in [0.3, 0.4) is 0 Å². The van der Waals surface area contributed by atoms with Gasteiger partial charge in [0.2, 0.25) is 11.8 Å². The molecule has 2 atom stereocenters. The maximum absolute atomic E-state index is 12.7. The molecule has 150 valence electrons. The van der Waals surface area contributed by atoms with Gasteiger partial charge in [-0.25, -0.2) is 4.98 Å². The number of hydrogen-bond acceptors (Lipinski definition) is 5. The highest BCUT2D eigenvalue weighted by Crippen LogP contribution is 2.30. The Balaban J connectivity index is 1.41. The van der Waals surface area contributed by atoms with Crippen LogP contribution in [0.4, 0.5) is 5.69 Å². The molecule has 29 heavy (non-hydrogen) atoms. The third kappa shape index (κ3) is 4.14. The molecule has 0 unspecified atom stereocenters. The molecule has 1 fully saturated rings. The van der Waals surface area contributed by atoms with E-state index in [1.54, 1.807) is 24.3 Å². The van der Waals surface area contributed by atoms with Crippen LogP contribution in [0.5, 0.6) is 0 Å². The predicted molar refractivity (Wildman–Crippen MR) is 111 cm³/mol. The lowest BCUT2D eigenvalue weighted by Gasteiger charge is -2.34. The van der Waals surface area contributed by atoms with Gasteiger partial charge in [0.1, 0.15) is 5.52 Å². The van der Waals surface area contributed by atoms with Crippen molar-refractivity contribution < 1.29 is 14.0 Å². The number of piperidine rings is 1. The zero-order chi connectivity index (χ0) is 20.4. The van der Waals surface area contributed by atoms with Gasteiger partial charge in [0.15, 0.2) is 11.5 Å². The zero-order valence-electron chi connectivity index (χ0n) is 16.3. The van der Waals surface area contributed by atoms with E-state index in [9.17, 15) is 9.59 Å². The Bertz CT molecular complexity index is 995. The number of carbonyl (C=O) groups is 2. The maximum Gasteiger partial charge on any atom is 0.248 e. The van der Waals surface area contributed by atoms with E-state index in [1.165, 1.54) is 0 Å². The van der Waals surface area contributed by atoms with Crippen LogP contribution in [-0.4, -0.2) is 40.8 Å². The fourth-order valence-corrected chi connectivity index (χ4v) is 3.75. The summed E-state index contributed by atoms with van der Waals surface area (Å²) < 4.78 is 5.95. The largest absolute Gasteiger partial charge is 0.440 e. The number of nitrogens with two attached hydrogens (primary N) is 1. The van der Waals surface area contributed by atoms with Crippen LogP contribution in [-0.2, 0) is 4.79 Å². The Kier molecular flexibility index (Phi) is 5.31. The van der Waals surface area contributed by atoms with Gasteiger partial charge in [-0.15, -0.1) is 0 Å². The van der Waals surface area contributed by atoms with E-state index in [0.29, 0.717) is 11.3 Å². The highest BCUT2D eigenvalue weighted by atomic mass is 16.3. The smallest absolute Gasteiger partial charge is 0.248 e. The number of carbonyl (C=O) groups excluding carboxylic acids is 2. The second kappa shape index (κ2) is 8.05. The normalized spacial score (nSPS) is 18.4. The van der Waals surface area contributed by atoms with Crippen molar-refractivity contribution in [3.05, 3.63) is 60.0 Å². The van der Waals surface area contributed by atoms with Gasteiger partial charge in [0, 0.05) is 23.7 Å². The molecule has 1 aliphatic heterocycles. The fraction of sp³-hybridized carbons (Fsp3) is 0.318. The molecule has 4 rings (SSSR count). The van der Waals surface area contributed by atoms with Crippen molar-refractivity contribution >= 4 is 28.6 Å². The summed E-state index contributed by atoms with van der Waals surface area (Å²) in [6, 6.07) is 14.0. The topological polar surface area (TPSA) is 101 Å². The summed E-state index contributed by atoms with van der Waals surface area (Å²) in [5.41, 5.74) is 7.96. The monoisotopic (exact) mass is 392 g/mol. The molecular formula is C22H24N4O3. The molecule has 1 aromatic heterocycles. The summed E-state index contributed by atoms with van der Waals surface area (Å²) in [5, 5.41) is 2.91. The maximum atomic E-state index is 12.7. The van der Waals surface area contributed by atoms with Crippen LogP contribution in [0.15, 0.2) is 52.9 Å². The lowest BCUT2D eigenvalue weighted by atomic mass is 9.96. The van der Waals surface area contributed by atoms with Gasteiger partial charge >= 0.3 is 0 Å². The number of oxazole rings is 1. The number of likely N-dealkylation sites (tertiary alicyclic amines) is 1. The molecule has 1 saturated heterocycles. The van der Waals surface area contributed by atoms with E-state index in [4.69, 9.17) is 10.2 Å². The number of benzene rings is 2. The molecule has 0 saturated carbocycles. The van der Waals surface area contributed by atoms with Gasteiger partial charge in [-0.2, -0.15) is 0 Å². The predicted octanol–water partition coefficient (Wildman–Crippen LogP) is 3.13. The number of aromatic nitrogens is 1. The van der Waals surface area contributed by atoms with Gasteiger partial charge in [-0.3, -0.25) is 14.5 Å². The number of para-hydroxylation sites is 2. The van der Waals surface area contributed by atoms with Crippen molar-refractivity contribution in [1.29, 1.82) is 0 Å². The van der Waals surface area contributed by atoms with Crippen LogP contribution in [0.25, 0.3) is 11.1 Å². The Morgan fingerprint density at radius 2 is 1.97 bits per heavy atom. The van der Waals surface area contributed by atoms with E-state index in [1.807, 2.05) is 31.2 Å². The summed E-state index contributed by atoms with van der Waals surface area (Å²) in [4.78, 5) is 30.7. The van der Waals surface area contributed by atoms with Gasteiger partial charge in [-0.1, -0.05) is 12.1 Å². The molecule has 1 aliphatic rings. The minimum Gasteiger partial charge on any atom is -0.440 e. The standard InChI is InChI=1S/C22H24N4O3/c1-14(21(28)24-17-10-8-15(9-11-17)20(23)27)26-12-4-5-16(13-26)22-25-18-6-2-3-7-19(18)29-22/h2-3,6-11,14,16H,4-5,12-13H2,1H3,(H2,23,27)(H,24,28)/t14-,16-/m1/s1. The van der Waals surface area contributed by atoms with Crippen LogP contribution in [0.2, 0.25) is 0 Å². The minimum atomic E-state index is -0.491. The van der Waals surface area contributed by atoms with E-state index in [0.717, 1.165) is 42.9 Å². The van der Waals surface area contributed by atoms with Crippen molar-refractivity contribution in [1.82, 2.24) is 9.88 Å². The van der Waals surface area contributed by atoms with Crippen molar-refractivity contribution in [2.75, 3.05) is 18.4 Å². The molecule has 7 nitrogen and oxygen atoms in total. The van der Waals surface area contributed by atoms with Crippen molar-refractivity contribution in [3.8, 4) is 0 Å². The summed E-state index contributed by atoms with van der Waals surface area (Å²) >= 11 is 0. The van der Waals surface area contributed by atoms with Crippen LogP contribution < -0.4 is 11.1 Å². The summed E-state index contributed by atoms with van der Waals surface area (Å²) in [6.45, 7) is 3.48. The van der Waals surface area contributed by atoms with Crippen LogP contribution >= 0.6 is 0 Å². The Morgan fingerprint density at radius 1 is 1.21 bits per heavy atom. The van der Waals surface area contributed by atoms with Gasteiger partial charge in [0.05, 0.1) is 6.04 Å². The molecule has 0 spiro atoms. The third-order valence-corrected chi connectivity index (χ3v) is 5.48. The molecule has 0 bridgehead atoms. The fourth-order valence-electron chi connectivity index (χ4n) is 3.75. The highest BCUT2D eigenvalue weighted by Gasteiger charge is 2.30. The summed E-state index contributed by atoms with van der Waals surface area (Å²) in [7, 11) is 0. The Labute approximate surface area is 168 Å². The number of nitrogens with one attached hydrogen (secondary N) is 1. The third-order valence-electron chi connectivity index (χ3n) is 5.48. The number of primary amides is 1. The number of anilines is 1. The first-order valence-electron chi connectivity index (χ1n) is 9.81. The van der Waals surface area contributed by atoms with E-state index >= 15 is 0 Å². The number of rotatable bonds is 5. The number of nitrogens with zero attached hydrogens (tertiary/aromatic N) is 2. The quantitative estimate of drug-likeness (QED) is 0.695. The number of fused-ring (bicyclic) bond motifs is 1. The SMILES string of the molecule is C[C@H](C(=O)Nc1ccc(C(N)=O)cc1)N1CCC[C@@H](c2nc3ccccc3o2)C1. The van der Waals surface area contributed by atoms with Gasteiger partial charge < -0.3 is 15.5 Å². The molecule has 0 radical (unpaired) electrons. The summed E-state index contributed by atoms with van der Waals surface area (Å²) in [6.07, 6.45) is 1.97. The van der Waals surface area contributed by atoms with Gasteiger partial charge in [0.25, 0.3) is 0 Å². The molecule has 2 amide bonds. The van der Waals surface area contributed by atoms with E-state index < -0.39 is 5.91 Å². The second-order valence-corrected chi connectivity index (χ2v) is 7.46. The number of hydrogen-bond donors (Lipinski definition) is 2. The first kappa shape index (κ1) is 19.1. The van der Waals surface area contributed by atoms with E-state index in [2.05, 4.69) is 15.2 Å². The zero-order valence-corrected chi connectivity index (χ0v) is 16.3. The van der Waals surface area contributed by atoms with Crippen LogP contribution in [0.1, 0.15) is 41.9 Å². The molecule has 3 N–H and O–H groups in total. The Morgan fingerprint density at radius 3 is 2.69 bits per heavy atom. The van der Waals surface area contributed by atoms with Crippen molar-refractivity contribution in [2.45, 2.75) is 31.7 Å². The van der Waals surface area contributed by atoms with E-state index in [-0.39, 0.29) is 17.9 Å². The molecule has 2 heterocycles. The highest BCUT2D eigenvalue weighted by molar-refractivity contribution is 5.96. The first-order valence-corrected chi connectivity index (χ1v) is 9.81.